The van der Waals surface area contributed by atoms with Crippen molar-refractivity contribution in [1.82, 2.24) is 9.97 Å². The van der Waals surface area contributed by atoms with Crippen LogP contribution in [0, 0.1) is 0 Å². The lowest BCUT2D eigenvalue weighted by atomic mass is 10.1. The number of ether oxygens (including phenoxy) is 1. The van der Waals surface area contributed by atoms with Crippen LogP contribution in [0.15, 0.2) is 12.3 Å². The van der Waals surface area contributed by atoms with Crippen molar-refractivity contribution in [2.75, 3.05) is 12.4 Å². The predicted molar refractivity (Wildman–Crippen MR) is 62.8 cm³/mol. The number of esters is 1. The van der Waals surface area contributed by atoms with E-state index in [-0.39, 0.29) is 18.0 Å². The van der Waals surface area contributed by atoms with E-state index in [1.165, 1.54) is 13.3 Å². The number of nitrogens with zero attached hydrogens (tertiary/aromatic N) is 2. The molecule has 94 valence electrons. The summed E-state index contributed by atoms with van der Waals surface area (Å²) in [6.07, 6.45) is 1.69. The molecule has 17 heavy (non-hydrogen) atoms. The van der Waals surface area contributed by atoms with Crippen LogP contribution in [0.1, 0.15) is 30.9 Å². The first kappa shape index (κ1) is 13.4. The number of nitrogens with one attached hydrogen (secondary N) is 1. The number of aliphatic hydroxyl groups is 1. The third-order valence-corrected chi connectivity index (χ3v) is 2.11. The summed E-state index contributed by atoms with van der Waals surface area (Å²) in [6, 6.07) is 1.71. The number of aromatic nitrogens is 2. The zero-order valence-electron chi connectivity index (χ0n) is 10.2. The molecule has 0 aliphatic heterocycles. The molecule has 0 saturated carbocycles. The molecule has 0 aromatic carbocycles. The molecule has 0 spiro atoms. The van der Waals surface area contributed by atoms with Gasteiger partial charge in [0.2, 0.25) is 5.82 Å². The van der Waals surface area contributed by atoms with Crippen LogP contribution in [0.2, 0.25) is 0 Å². The average Bonchev–Trinajstić information content (AvgIpc) is 2.27. The van der Waals surface area contributed by atoms with Crippen molar-refractivity contribution in [3.63, 3.8) is 0 Å². The molecular formula is C11H17N3O3. The lowest BCUT2D eigenvalue weighted by molar-refractivity contribution is 0.0586. The van der Waals surface area contributed by atoms with Gasteiger partial charge in [-0.15, -0.1) is 0 Å². The smallest absolute Gasteiger partial charge is 0.376 e. The van der Waals surface area contributed by atoms with Crippen LogP contribution < -0.4 is 5.32 Å². The molecule has 0 saturated heterocycles. The fraction of sp³-hybridized carbons (Fsp3) is 0.545. The number of anilines is 1. The van der Waals surface area contributed by atoms with Crippen molar-refractivity contribution in [3.8, 4) is 0 Å². The Morgan fingerprint density at radius 3 is 2.88 bits per heavy atom. The van der Waals surface area contributed by atoms with Gasteiger partial charge in [-0.1, -0.05) is 0 Å². The van der Waals surface area contributed by atoms with Crippen molar-refractivity contribution in [3.05, 3.63) is 18.1 Å². The van der Waals surface area contributed by atoms with Gasteiger partial charge in [-0.3, -0.25) is 0 Å². The minimum Gasteiger partial charge on any atom is -0.463 e. The molecule has 2 N–H and O–H groups in total. The third kappa shape index (κ3) is 4.36. The minimum atomic E-state index is -0.572. The molecule has 0 radical (unpaired) electrons. The normalized spacial score (nSPS) is 13.9. The van der Waals surface area contributed by atoms with E-state index in [4.69, 9.17) is 0 Å². The lowest BCUT2D eigenvalue weighted by Gasteiger charge is -2.15. The molecule has 2 atom stereocenters. The van der Waals surface area contributed by atoms with E-state index in [0.29, 0.717) is 12.2 Å². The maximum atomic E-state index is 11.2. The summed E-state index contributed by atoms with van der Waals surface area (Å²) in [6.45, 7) is 3.64. The van der Waals surface area contributed by atoms with Crippen molar-refractivity contribution in [1.29, 1.82) is 0 Å². The maximum absolute atomic E-state index is 11.2. The van der Waals surface area contributed by atoms with Gasteiger partial charge in [-0.05, 0) is 26.3 Å². The number of aliphatic hydroxyl groups excluding tert-OH is 1. The summed E-state index contributed by atoms with van der Waals surface area (Å²) in [4.78, 5) is 19.0. The van der Waals surface area contributed by atoms with E-state index in [9.17, 15) is 9.90 Å². The molecule has 1 aromatic heterocycles. The summed E-state index contributed by atoms with van der Waals surface area (Å²) < 4.78 is 4.53. The molecular weight excluding hydrogens is 222 g/mol. The number of hydrogen-bond donors (Lipinski definition) is 2. The Labute approximate surface area is 100 Å². The van der Waals surface area contributed by atoms with Crippen molar-refractivity contribution >= 4 is 11.8 Å². The third-order valence-electron chi connectivity index (χ3n) is 2.11. The Morgan fingerprint density at radius 2 is 2.29 bits per heavy atom. The standard InChI is InChI=1S/C11H17N3O3/c1-7(6-8(2)15)13-9-4-5-12-10(14-9)11(16)17-3/h4-5,7-8,15H,6H2,1-3H3,(H,12,13,14). The number of methoxy groups -OCH3 is 1. The SMILES string of the molecule is COC(=O)c1nccc(NC(C)CC(C)O)n1. The van der Waals surface area contributed by atoms with Gasteiger partial charge in [0.25, 0.3) is 0 Å². The summed E-state index contributed by atoms with van der Waals surface area (Å²) >= 11 is 0. The van der Waals surface area contributed by atoms with Gasteiger partial charge in [0.15, 0.2) is 0 Å². The molecule has 1 rings (SSSR count). The summed E-state index contributed by atoms with van der Waals surface area (Å²) in [5, 5.41) is 12.3. The molecule has 6 heteroatoms. The van der Waals surface area contributed by atoms with Gasteiger partial charge >= 0.3 is 5.97 Å². The molecule has 0 fully saturated rings. The highest BCUT2D eigenvalue weighted by Gasteiger charge is 2.11. The van der Waals surface area contributed by atoms with Gasteiger partial charge in [-0.2, -0.15) is 0 Å². The van der Waals surface area contributed by atoms with E-state index < -0.39 is 5.97 Å². The Bertz CT molecular complexity index is 382. The van der Waals surface area contributed by atoms with Gasteiger partial charge in [0.05, 0.1) is 13.2 Å². The van der Waals surface area contributed by atoms with Gasteiger partial charge in [0.1, 0.15) is 5.82 Å². The van der Waals surface area contributed by atoms with Crippen LogP contribution in [0.5, 0.6) is 0 Å². The molecule has 1 heterocycles. The van der Waals surface area contributed by atoms with Crippen molar-refractivity contribution in [2.24, 2.45) is 0 Å². The minimum absolute atomic E-state index is 0.0155. The lowest BCUT2D eigenvalue weighted by Crippen LogP contribution is -2.22. The molecule has 0 aliphatic rings. The van der Waals surface area contributed by atoms with Crippen LogP contribution in [-0.4, -0.2) is 40.3 Å². The molecule has 2 unspecified atom stereocenters. The average molecular weight is 239 g/mol. The molecule has 0 bridgehead atoms. The number of carbonyl (C=O) groups is 1. The monoisotopic (exact) mass is 239 g/mol. The van der Waals surface area contributed by atoms with Crippen LogP contribution in [0.3, 0.4) is 0 Å². The zero-order valence-corrected chi connectivity index (χ0v) is 10.2. The van der Waals surface area contributed by atoms with Crippen LogP contribution in [-0.2, 0) is 4.74 Å². The highest BCUT2D eigenvalue weighted by Crippen LogP contribution is 2.08. The quantitative estimate of drug-likeness (QED) is 0.740. The first-order valence-electron chi connectivity index (χ1n) is 5.39. The van der Waals surface area contributed by atoms with E-state index in [1.54, 1.807) is 13.0 Å². The highest BCUT2D eigenvalue weighted by atomic mass is 16.5. The van der Waals surface area contributed by atoms with Crippen LogP contribution in [0.25, 0.3) is 0 Å². The second-order valence-corrected chi connectivity index (χ2v) is 3.89. The van der Waals surface area contributed by atoms with Crippen LogP contribution in [0.4, 0.5) is 5.82 Å². The fourth-order valence-electron chi connectivity index (χ4n) is 1.45. The topological polar surface area (TPSA) is 84.3 Å². The second kappa shape index (κ2) is 6.15. The molecule has 0 aliphatic carbocycles. The Kier molecular flexibility index (Phi) is 4.84. The predicted octanol–water partition coefficient (Wildman–Crippen LogP) is 0.834. The number of rotatable bonds is 5. The van der Waals surface area contributed by atoms with Gasteiger partial charge < -0.3 is 15.2 Å². The zero-order chi connectivity index (χ0) is 12.8. The van der Waals surface area contributed by atoms with Gasteiger partial charge in [0, 0.05) is 12.2 Å². The fourth-order valence-corrected chi connectivity index (χ4v) is 1.45. The first-order valence-corrected chi connectivity index (χ1v) is 5.39. The highest BCUT2D eigenvalue weighted by molar-refractivity contribution is 5.85. The Hall–Kier alpha value is -1.69. The van der Waals surface area contributed by atoms with Crippen molar-refractivity contribution < 1.29 is 14.6 Å². The Morgan fingerprint density at radius 1 is 1.59 bits per heavy atom. The number of hydrogen-bond acceptors (Lipinski definition) is 6. The van der Waals surface area contributed by atoms with E-state index >= 15 is 0 Å². The second-order valence-electron chi connectivity index (χ2n) is 3.89. The van der Waals surface area contributed by atoms with E-state index in [0.717, 1.165) is 0 Å². The summed E-state index contributed by atoms with van der Waals surface area (Å²) in [5.41, 5.74) is 0. The Balaban J connectivity index is 2.68. The molecule has 0 amide bonds. The maximum Gasteiger partial charge on any atom is 0.376 e. The van der Waals surface area contributed by atoms with E-state index in [1.807, 2.05) is 6.92 Å². The molecule has 1 aromatic rings. The van der Waals surface area contributed by atoms with Crippen LogP contribution >= 0.6 is 0 Å². The summed E-state index contributed by atoms with van der Waals surface area (Å²) in [5.74, 6) is -0.0212. The van der Waals surface area contributed by atoms with Gasteiger partial charge in [-0.25, -0.2) is 14.8 Å². The molecule has 6 nitrogen and oxygen atoms in total. The van der Waals surface area contributed by atoms with E-state index in [2.05, 4.69) is 20.0 Å². The number of carbonyl (C=O) groups excluding carboxylic acids is 1. The first-order chi connectivity index (χ1) is 8.02. The van der Waals surface area contributed by atoms with Crippen molar-refractivity contribution in [2.45, 2.75) is 32.4 Å². The summed E-state index contributed by atoms with van der Waals surface area (Å²) in [7, 11) is 1.28. The largest absolute Gasteiger partial charge is 0.463 e.